The van der Waals surface area contributed by atoms with Gasteiger partial charge in [-0.05, 0) is 43.9 Å². The Bertz CT molecular complexity index is 689. The Kier molecular flexibility index (Phi) is 7.28. The van der Waals surface area contributed by atoms with E-state index in [9.17, 15) is 4.79 Å². The number of anilines is 1. The largest absolute Gasteiger partial charge is 0.497 e. The van der Waals surface area contributed by atoms with Crippen LogP contribution in [-0.2, 0) is 6.54 Å². The van der Waals surface area contributed by atoms with Crippen molar-refractivity contribution in [3.05, 3.63) is 58.6 Å². The Morgan fingerprint density at radius 2 is 1.84 bits per heavy atom. The number of halogens is 1. The van der Waals surface area contributed by atoms with Crippen LogP contribution >= 0.6 is 15.9 Å². The third kappa shape index (κ3) is 6.40. The molecule has 6 heteroatoms. The highest BCUT2D eigenvalue weighted by atomic mass is 79.9. The number of ether oxygens (including phenoxy) is 1. The molecule has 0 saturated carbocycles. The van der Waals surface area contributed by atoms with E-state index >= 15 is 0 Å². The number of carbonyl (C=O) groups is 1. The first-order chi connectivity index (χ1) is 12.0. The summed E-state index contributed by atoms with van der Waals surface area (Å²) in [5, 5.41) is 2.95. The average molecular weight is 406 g/mol. The second kappa shape index (κ2) is 9.44. The summed E-state index contributed by atoms with van der Waals surface area (Å²) in [5.41, 5.74) is 1.80. The summed E-state index contributed by atoms with van der Waals surface area (Å²) in [6, 6.07) is 15.2. The number of benzene rings is 2. The number of hydrogen-bond acceptors (Lipinski definition) is 3. The maximum atomic E-state index is 12.7. The number of carbonyl (C=O) groups excluding carboxylic acids is 1. The maximum absolute atomic E-state index is 12.7. The van der Waals surface area contributed by atoms with Crippen molar-refractivity contribution in [3.63, 3.8) is 0 Å². The molecule has 0 spiro atoms. The van der Waals surface area contributed by atoms with Crippen LogP contribution in [0.2, 0.25) is 0 Å². The summed E-state index contributed by atoms with van der Waals surface area (Å²) in [5.74, 6) is 0.713. The van der Waals surface area contributed by atoms with E-state index in [4.69, 9.17) is 4.74 Å². The summed E-state index contributed by atoms with van der Waals surface area (Å²) in [4.78, 5) is 16.6. The van der Waals surface area contributed by atoms with Gasteiger partial charge in [0.05, 0.1) is 7.11 Å². The van der Waals surface area contributed by atoms with Gasteiger partial charge in [0, 0.05) is 35.9 Å². The van der Waals surface area contributed by atoms with Gasteiger partial charge in [-0.2, -0.15) is 0 Å². The molecule has 25 heavy (non-hydrogen) atoms. The van der Waals surface area contributed by atoms with Crippen molar-refractivity contribution in [1.29, 1.82) is 0 Å². The summed E-state index contributed by atoms with van der Waals surface area (Å²) >= 11 is 3.44. The van der Waals surface area contributed by atoms with Gasteiger partial charge in [0.15, 0.2) is 0 Å². The number of likely N-dealkylation sites (N-methyl/N-ethyl adjacent to an activating group) is 1. The van der Waals surface area contributed by atoms with Gasteiger partial charge in [-0.15, -0.1) is 0 Å². The van der Waals surface area contributed by atoms with Crippen LogP contribution in [0.1, 0.15) is 5.56 Å². The maximum Gasteiger partial charge on any atom is 0.322 e. The minimum Gasteiger partial charge on any atom is -0.497 e. The molecule has 2 amide bonds. The van der Waals surface area contributed by atoms with Crippen LogP contribution in [0.4, 0.5) is 10.5 Å². The van der Waals surface area contributed by atoms with E-state index in [-0.39, 0.29) is 6.03 Å². The van der Waals surface area contributed by atoms with Gasteiger partial charge in [0.1, 0.15) is 5.75 Å². The molecule has 0 aromatic heterocycles. The average Bonchev–Trinajstić information content (AvgIpc) is 2.60. The van der Waals surface area contributed by atoms with Gasteiger partial charge in [-0.25, -0.2) is 4.79 Å². The van der Waals surface area contributed by atoms with E-state index in [2.05, 4.69) is 26.1 Å². The molecular weight excluding hydrogens is 382 g/mol. The lowest BCUT2D eigenvalue weighted by atomic mass is 10.2. The summed E-state index contributed by atoms with van der Waals surface area (Å²) < 4.78 is 6.23. The summed E-state index contributed by atoms with van der Waals surface area (Å²) in [6.07, 6.45) is 0. The number of urea groups is 1. The third-order valence-corrected chi connectivity index (χ3v) is 4.24. The molecule has 0 bridgehead atoms. The monoisotopic (exact) mass is 405 g/mol. The van der Waals surface area contributed by atoms with Gasteiger partial charge in [-0.1, -0.05) is 34.1 Å². The molecule has 0 unspecified atom stereocenters. The molecule has 2 aromatic rings. The molecule has 0 fully saturated rings. The minimum absolute atomic E-state index is 0.127. The molecule has 0 radical (unpaired) electrons. The SMILES string of the molecule is COc1cccc(NC(=O)N(CCN(C)C)Cc2ccc(Br)cc2)c1. The number of rotatable bonds is 7. The van der Waals surface area contributed by atoms with E-state index in [1.807, 2.05) is 67.5 Å². The quantitative estimate of drug-likeness (QED) is 0.755. The van der Waals surface area contributed by atoms with Gasteiger partial charge in [0.2, 0.25) is 0 Å². The summed E-state index contributed by atoms with van der Waals surface area (Å²) in [7, 11) is 5.60. The van der Waals surface area contributed by atoms with Gasteiger partial charge in [-0.3, -0.25) is 0 Å². The molecular formula is C19H24BrN3O2. The van der Waals surface area contributed by atoms with Crippen molar-refractivity contribution in [2.24, 2.45) is 0 Å². The Labute approximate surface area is 157 Å². The summed E-state index contributed by atoms with van der Waals surface area (Å²) in [6.45, 7) is 1.98. The Hall–Kier alpha value is -2.05. The highest BCUT2D eigenvalue weighted by Gasteiger charge is 2.15. The van der Waals surface area contributed by atoms with Crippen molar-refractivity contribution < 1.29 is 9.53 Å². The van der Waals surface area contributed by atoms with Crippen LogP contribution in [0.3, 0.4) is 0 Å². The van der Waals surface area contributed by atoms with Crippen LogP contribution in [0.15, 0.2) is 53.0 Å². The molecule has 0 aliphatic rings. The van der Waals surface area contributed by atoms with Crippen molar-refractivity contribution in [2.75, 3.05) is 39.6 Å². The van der Waals surface area contributed by atoms with E-state index in [1.165, 1.54) is 0 Å². The van der Waals surface area contributed by atoms with Crippen molar-refractivity contribution in [1.82, 2.24) is 9.80 Å². The van der Waals surface area contributed by atoms with E-state index in [1.54, 1.807) is 7.11 Å². The molecule has 2 aromatic carbocycles. The van der Waals surface area contributed by atoms with Crippen molar-refractivity contribution in [2.45, 2.75) is 6.54 Å². The van der Waals surface area contributed by atoms with E-state index in [0.29, 0.717) is 18.8 Å². The van der Waals surface area contributed by atoms with Crippen molar-refractivity contribution >= 4 is 27.6 Å². The third-order valence-electron chi connectivity index (χ3n) is 3.71. The van der Waals surface area contributed by atoms with Crippen LogP contribution in [0, 0.1) is 0 Å². The lowest BCUT2D eigenvalue weighted by molar-refractivity contribution is 0.202. The zero-order valence-corrected chi connectivity index (χ0v) is 16.4. The van der Waals surface area contributed by atoms with Crippen LogP contribution in [-0.4, -0.2) is 50.1 Å². The molecule has 2 rings (SSSR count). The fourth-order valence-corrected chi connectivity index (χ4v) is 2.55. The zero-order chi connectivity index (χ0) is 18.2. The molecule has 0 aliphatic carbocycles. The molecule has 0 saturated heterocycles. The van der Waals surface area contributed by atoms with Crippen molar-refractivity contribution in [3.8, 4) is 5.75 Å². The lowest BCUT2D eigenvalue weighted by Gasteiger charge is -2.25. The highest BCUT2D eigenvalue weighted by Crippen LogP contribution is 2.18. The first kappa shape index (κ1) is 19.3. The number of nitrogens with one attached hydrogen (secondary N) is 1. The number of nitrogens with zero attached hydrogens (tertiary/aromatic N) is 2. The number of methoxy groups -OCH3 is 1. The first-order valence-electron chi connectivity index (χ1n) is 8.07. The molecule has 0 aliphatic heterocycles. The molecule has 0 heterocycles. The molecule has 5 nitrogen and oxygen atoms in total. The minimum atomic E-state index is -0.127. The van der Waals surface area contributed by atoms with E-state index in [0.717, 1.165) is 22.3 Å². The fraction of sp³-hybridized carbons (Fsp3) is 0.316. The second-order valence-corrected chi connectivity index (χ2v) is 6.93. The standard InChI is InChI=1S/C19H24BrN3O2/c1-22(2)11-12-23(14-15-7-9-16(20)10-8-15)19(24)21-17-5-4-6-18(13-17)25-3/h4-10,13H,11-12,14H2,1-3H3,(H,21,24). The zero-order valence-electron chi connectivity index (χ0n) is 14.8. The molecule has 1 N–H and O–H groups in total. The molecule has 0 atom stereocenters. The Balaban J connectivity index is 2.09. The lowest BCUT2D eigenvalue weighted by Crippen LogP contribution is -2.39. The van der Waals surface area contributed by atoms with Crippen LogP contribution < -0.4 is 10.1 Å². The molecule has 134 valence electrons. The predicted octanol–water partition coefficient (Wildman–Crippen LogP) is 4.05. The Morgan fingerprint density at radius 1 is 1.12 bits per heavy atom. The number of amides is 2. The number of hydrogen-bond donors (Lipinski definition) is 1. The Morgan fingerprint density at radius 3 is 2.48 bits per heavy atom. The van der Waals surface area contributed by atoms with Gasteiger partial charge < -0.3 is 19.9 Å². The predicted molar refractivity (Wildman–Crippen MR) is 105 cm³/mol. The normalized spacial score (nSPS) is 10.6. The smallest absolute Gasteiger partial charge is 0.322 e. The van der Waals surface area contributed by atoms with E-state index < -0.39 is 0 Å². The topological polar surface area (TPSA) is 44.8 Å². The van der Waals surface area contributed by atoms with Gasteiger partial charge >= 0.3 is 6.03 Å². The highest BCUT2D eigenvalue weighted by molar-refractivity contribution is 9.10. The van der Waals surface area contributed by atoms with Crippen LogP contribution in [0.5, 0.6) is 5.75 Å². The first-order valence-corrected chi connectivity index (χ1v) is 8.86. The second-order valence-electron chi connectivity index (χ2n) is 6.01. The fourth-order valence-electron chi connectivity index (χ4n) is 2.29. The van der Waals surface area contributed by atoms with Crippen LogP contribution in [0.25, 0.3) is 0 Å². The van der Waals surface area contributed by atoms with Gasteiger partial charge in [0.25, 0.3) is 0 Å².